The minimum atomic E-state index is -4.47. The molecule has 1 aromatic carbocycles. The van der Waals surface area contributed by atoms with Crippen LogP contribution in [-0.2, 0) is 6.18 Å². The number of nitrogens with zero attached hydrogens (tertiary/aromatic N) is 1. The molecule has 0 spiro atoms. The molecule has 0 aliphatic carbocycles. The van der Waals surface area contributed by atoms with Gasteiger partial charge >= 0.3 is 6.18 Å². The Morgan fingerprint density at radius 3 is 2.65 bits per heavy atom. The molecule has 2 rings (SSSR count). The third kappa shape index (κ3) is 3.49. The predicted octanol–water partition coefficient (Wildman–Crippen LogP) is 1.46. The zero-order valence-corrected chi connectivity index (χ0v) is 10.9. The van der Waals surface area contributed by atoms with E-state index in [0.717, 1.165) is 12.1 Å². The average molecular weight is 288 g/mol. The van der Waals surface area contributed by atoms with Crippen LogP contribution in [0.1, 0.15) is 22.8 Å². The quantitative estimate of drug-likeness (QED) is 0.885. The molecule has 1 aliphatic heterocycles. The highest BCUT2D eigenvalue weighted by Crippen LogP contribution is 2.29. The van der Waals surface area contributed by atoms with Gasteiger partial charge < -0.3 is 10.4 Å². The summed E-state index contributed by atoms with van der Waals surface area (Å²) in [6.45, 7) is 2.73. The Kier molecular flexibility index (Phi) is 3.75. The summed E-state index contributed by atoms with van der Waals surface area (Å²) in [5, 5.41) is 12.0. The fraction of sp³-hybridized carbons (Fsp3) is 0.462. The first-order valence-corrected chi connectivity index (χ1v) is 6.08. The van der Waals surface area contributed by atoms with Crippen LogP contribution in [0.4, 0.5) is 13.2 Å². The highest BCUT2D eigenvalue weighted by Gasteiger charge is 2.36. The largest absolute Gasteiger partial charge is 0.416 e. The van der Waals surface area contributed by atoms with Gasteiger partial charge in [0.15, 0.2) is 0 Å². The van der Waals surface area contributed by atoms with Crippen LogP contribution >= 0.6 is 0 Å². The van der Waals surface area contributed by atoms with E-state index in [1.54, 1.807) is 11.8 Å². The Balaban J connectivity index is 1.93. The van der Waals surface area contributed by atoms with Gasteiger partial charge in [-0.05, 0) is 25.1 Å². The highest BCUT2D eigenvalue weighted by atomic mass is 19.4. The number of amides is 1. The normalized spacial score (nSPS) is 18.4. The zero-order chi connectivity index (χ0) is 15.0. The summed E-state index contributed by atoms with van der Waals surface area (Å²) in [5.74, 6) is -0.567. The van der Waals surface area contributed by atoms with E-state index in [0.29, 0.717) is 13.1 Å². The topological polar surface area (TPSA) is 52.6 Å². The summed E-state index contributed by atoms with van der Waals surface area (Å²) in [4.78, 5) is 13.5. The fourth-order valence-corrected chi connectivity index (χ4v) is 2.15. The number of halogens is 3. The van der Waals surface area contributed by atoms with Gasteiger partial charge in [-0.3, -0.25) is 9.69 Å². The number of hydrogen-bond donors (Lipinski definition) is 2. The second kappa shape index (κ2) is 5.06. The first-order valence-electron chi connectivity index (χ1n) is 6.08. The van der Waals surface area contributed by atoms with Crippen LogP contribution in [0.25, 0.3) is 0 Å². The number of nitrogens with one attached hydrogen (secondary N) is 1. The zero-order valence-electron chi connectivity index (χ0n) is 10.9. The second-order valence-corrected chi connectivity index (χ2v) is 5.23. The molecule has 1 aliphatic rings. The summed E-state index contributed by atoms with van der Waals surface area (Å²) >= 11 is 0. The molecule has 1 heterocycles. The lowest BCUT2D eigenvalue weighted by atomic mass is 9.98. The summed E-state index contributed by atoms with van der Waals surface area (Å²) in [5.41, 5.74) is -1.63. The second-order valence-electron chi connectivity index (χ2n) is 5.23. The molecule has 0 aromatic heterocycles. The van der Waals surface area contributed by atoms with Gasteiger partial charge in [-0.2, -0.15) is 13.2 Å². The van der Waals surface area contributed by atoms with Gasteiger partial charge in [0.1, 0.15) is 0 Å². The molecule has 0 radical (unpaired) electrons. The number of carbonyl (C=O) groups is 1. The van der Waals surface area contributed by atoms with Gasteiger partial charge in [0.25, 0.3) is 5.91 Å². The van der Waals surface area contributed by atoms with Gasteiger partial charge in [0.2, 0.25) is 0 Å². The molecule has 0 unspecified atom stereocenters. The lowest BCUT2D eigenvalue weighted by Gasteiger charge is -2.44. The SMILES string of the molecule is CC1(O)CN(CNC(=O)c2cccc(C(F)(F)F)c2)C1. The Hall–Kier alpha value is -1.60. The lowest BCUT2D eigenvalue weighted by molar-refractivity contribution is -0.137. The number of alkyl halides is 3. The van der Waals surface area contributed by atoms with Crippen molar-refractivity contribution in [3.63, 3.8) is 0 Å². The van der Waals surface area contributed by atoms with E-state index in [9.17, 15) is 23.1 Å². The predicted molar refractivity (Wildman–Crippen MR) is 66.0 cm³/mol. The highest BCUT2D eigenvalue weighted by molar-refractivity contribution is 5.94. The van der Waals surface area contributed by atoms with E-state index < -0.39 is 23.2 Å². The van der Waals surface area contributed by atoms with Crippen molar-refractivity contribution in [1.82, 2.24) is 10.2 Å². The van der Waals surface area contributed by atoms with E-state index in [1.165, 1.54) is 12.1 Å². The summed E-state index contributed by atoms with van der Waals surface area (Å²) in [6, 6.07) is 4.27. The van der Waals surface area contributed by atoms with Crippen LogP contribution in [0.5, 0.6) is 0 Å². The molecule has 0 atom stereocenters. The van der Waals surface area contributed by atoms with Gasteiger partial charge in [0, 0.05) is 18.7 Å². The molecule has 20 heavy (non-hydrogen) atoms. The number of hydrogen-bond acceptors (Lipinski definition) is 3. The first-order chi connectivity index (χ1) is 9.17. The van der Waals surface area contributed by atoms with Crippen molar-refractivity contribution in [3.05, 3.63) is 35.4 Å². The van der Waals surface area contributed by atoms with Crippen LogP contribution < -0.4 is 5.32 Å². The molecule has 110 valence electrons. The Morgan fingerprint density at radius 2 is 2.10 bits per heavy atom. The third-order valence-corrected chi connectivity index (χ3v) is 3.04. The number of benzene rings is 1. The molecular formula is C13H15F3N2O2. The monoisotopic (exact) mass is 288 g/mol. The van der Waals surface area contributed by atoms with Crippen molar-refractivity contribution < 1.29 is 23.1 Å². The summed E-state index contributed by atoms with van der Waals surface area (Å²) in [7, 11) is 0. The van der Waals surface area contributed by atoms with Crippen molar-refractivity contribution >= 4 is 5.91 Å². The Bertz CT molecular complexity index is 507. The van der Waals surface area contributed by atoms with Gasteiger partial charge in [0.05, 0.1) is 17.8 Å². The summed E-state index contributed by atoms with van der Waals surface area (Å²) in [6.07, 6.45) is -4.47. The molecule has 1 aromatic rings. The van der Waals surface area contributed by atoms with Crippen LogP contribution in [-0.4, -0.2) is 41.3 Å². The van der Waals surface area contributed by atoms with E-state index >= 15 is 0 Å². The fourth-order valence-electron chi connectivity index (χ4n) is 2.15. The van der Waals surface area contributed by atoms with Crippen LogP contribution in [0, 0.1) is 0 Å². The van der Waals surface area contributed by atoms with Crippen molar-refractivity contribution in [2.75, 3.05) is 19.8 Å². The molecule has 1 fully saturated rings. The molecular weight excluding hydrogens is 273 g/mol. The smallest absolute Gasteiger partial charge is 0.388 e. The Morgan fingerprint density at radius 1 is 1.45 bits per heavy atom. The third-order valence-electron chi connectivity index (χ3n) is 3.04. The van der Waals surface area contributed by atoms with E-state index in [-0.39, 0.29) is 12.2 Å². The minimum Gasteiger partial charge on any atom is -0.388 e. The lowest BCUT2D eigenvalue weighted by Crippen LogP contribution is -2.62. The van der Waals surface area contributed by atoms with E-state index in [1.807, 2.05) is 0 Å². The number of aliphatic hydroxyl groups is 1. The molecule has 2 N–H and O–H groups in total. The number of β-amino-alcohol motifs (C(OH)–C–C–N with tert-alkyl or cyclic N) is 1. The average Bonchev–Trinajstić information content (AvgIpc) is 2.32. The van der Waals surface area contributed by atoms with Crippen molar-refractivity contribution in [3.8, 4) is 0 Å². The maximum Gasteiger partial charge on any atom is 0.416 e. The first kappa shape index (κ1) is 14.8. The molecule has 0 saturated carbocycles. The molecule has 7 heteroatoms. The van der Waals surface area contributed by atoms with Crippen molar-refractivity contribution in [1.29, 1.82) is 0 Å². The van der Waals surface area contributed by atoms with Crippen molar-refractivity contribution in [2.45, 2.75) is 18.7 Å². The maximum absolute atomic E-state index is 12.5. The van der Waals surface area contributed by atoms with Crippen LogP contribution in [0.2, 0.25) is 0 Å². The van der Waals surface area contributed by atoms with Crippen molar-refractivity contribution in [2.24, 2.45) is 0 Å². The number of carbonyl (C=O) groups excluding carboxylic acids is 1. The minimum absolute atomic E-state index is 0.0351. The summed E-state index contributed by atoms with van der Waals surface area (Å²) < 4.78 is 37.6. The van der Waals surface area contributed by atoms with E-state index in [4.69, 9.17) is 0 Å². The number of rotatable bonds is 3. The molecule has 1 amide bonds. The molecule has 4 nitrogen and oxygen atoms in total. The van der Waals surface area contributed by atoms with Gasteiger partial charge in [-0.15, -0.1) is 0 Å². The van der Waals surface area contributed by atoms with Gasteiger partial charge in [-0.25, -0.2) is 0 Å². The van der Waals surface area contributed by atoms with Crippen LogP contribution in [0.3, 0.4) is 0 Å². The molecule has 1 saturated heterocycles. The van der Waals surface area contributed by atoms with Crippen LogP contribution in [0.15, 0.2) is 24.3 Å². The number of likely N-dealkylation sites (tertiary alicyclic amines) is 1. The van der Waals surface area contributed by atoms with Gasteiger partial charge in [-0.1, -0.05) is 6.07 Å². The Labute approximate surface area is 114 Å². The molecule has 0 bridgehead atoms. The van der Waals surface area contributed by atoms with E-state index in [2.05, 4.69) is 5.32 Å². The standard InChI is InChI=1S/C13H15F3N2O2/c1-12(20)6-18(7-12)8-17-11(19)9-3-2-4-10(5-9)13(14,15)16/h2-5,20H,6-8H2,1H3,(H,17,19). The maximum atomic E-state index is 12.5.